The van der Waals surface area contributed by atoms with Gasteiger partial charge in [0.1, 0.15) is 23.9 Å². The van der Waals surface area contributed by atoms with Crippen LogP contribution in [0.5, 0.6) is 0 Å². The lowest BCUT2D eigenvalue weighted by Crippen LogP contribution is -2.50. The van der Waals surface area contributed by atoms with Crippen molar-refractivity contribution in [3.63, 3.8) is 0 Å². The third-order valence-electron chi connectivity index (χ3n) is 6.24. The van der Waals surface area contributed by atoms with E-state index in [1.165, 1.54) is 6.20 Å². The van der Waals surface area contributed by atoms with E-state index in [4.69, 9.17) is 18.6 Å². The summed E-state index contributed by atoms with van der Waals surface area (Å²) in [5, 5.41) is 22.7. The van der Waals surface area contributed by atoms with Crippen LogP contribution in [0, 0.1) is 0 Å². The van der Waals surface area contributed by atoms with Crippen LogP contribution in [0.2, 0.25) is 0 Å². The summed E-state index contributed by atoms with van der Waals surface area (Å²) in [6.07, 6.45) is -1.46. The van der Waals surface area contributed by atoms with Crippen molar-refractivity contribution >= 4 is 0 Å². The Morgan fingerprint density at radius 1 is 0.889 bits per heavy atom. The Kier molecular flexibility index (Phi) is 7.55. The first-order valence-electron chi connectivity index (χ1n) is 11.9. The third kappa shape index (κ3) is 5.56. The monoisotopic (exact) mass is 487 g/mol. The highest BCUT2D eigenvalue weighted by molar-refractivity contribution is 5.52. The number of aliphatic hydroxyl groups is 2. The zero-order valence-corrected chi connectivity index (χ0v) is 19.8. The molecule has 0 radical (unpaired) electrons. The first kappa shape index (κ1) is 24.4. The molecular weight excluding hydrogens is 458 g/mol. The Labute approximate surface area is 209 Å². The van der Waals surface area contributed by atoms with Gasteiger partial charge in [-0.1, -0.05) is 78.9 Å². The van der Waals surface area contributed by atoms with Gasteiger partial charge in [-0.2, -0.15) is 0 Å². The molecule has 36 heavy (non-hydrogen) atoms. The average molecular weight is 488 g/mol. The van der Waals surface area contributed by atoms with E-state index in [2.05, 4.69) is 4.98 Å². The predicted octanol–water partition coefficient (Wildman–Crippen LogP) is 4.31. The van der Waals surface area contributed by atoms with Gasteiger partial charge in [0.15, 0.2) is 5.76 Å². The van der Waals surface area contributed by atoms with E-state index in [0.29, 0.717) is 12.5 Å². The molecule has 0 saturated carbocycles. The van der Waals surface area contributed by atoms with Crippen LogP contribution in [0.3, 0.4) is 0 Å². The molecular formula is C29H29NO6. The summed E-state index contributed by atoms with van der Waals surface area (Å²) < 4.78 is 23.8. The van der Waals surface area contributed by atoms with Gasteiger partial charge in [-0.3, -0.25) is 0 Å². The Bertz CT molecular complexity index is 1220. The number of hydrogen-bond donors (Lipinski definition) is 2. The molecule has 0 aliphatic carbocycles. The van der Waals surface area contributed by atoms with Crippen molar-refractivity contribution in [3.8, 4) is 11.5 Å². The fourth-order valence-electron chi connectivity index (χ4n) is 4.33. The van der Waals surface area contributed by atoms with Crippen molar-refractivity contribution in [1.29, 1.82) is 0 Å². The standard InChI is InChI=1S/C29H29NO6/c31-25(24-16-30-28(36-24)23-14-8-3-9-15-23)26-27(34-18-22-12-6-2-7-13-22)29(32,20-35-26)19-33-17-21-10-4-1-5-11-21/h1-16,25-27,31-32H,17-20H2/t25-,26-,27-,29-/m0/s1. The number of aromatic nitrogens is 1. The maximum atomic E-state index is 11.5. The van der Waals surface area contributed by atoms with Crippen molar-refractivity contribution in [1.82, 2.24) is 4.98 Å². The summed E-state index contributed by atoms with van der Waals surface area (Å²) in [5.41, 5.74) is 1.27. The van der Waals surface area contributed by atoms with E-state index < -0.39 is 23.9 Å². The van der Waals surface area contributed by atoms with Gasteiger partial charge in [0.05, 0.1) is 32.6 Å². The van der Waals surface area contributed by atoms with E-state index in [0.717, 1.165) is 16.7 Å². The quantitative estimate of drug-likeness (QED) is 0.344. The van der Waals surface area contributed by atoms with Crippen LogP contribution in [0.25, 0.3) is 11.5 Å². The molecule has 3 aromatic carbocycles. The molecule has 0 amide bonds. The molecule has 1 saturated heterocycles. The number of nitrogens with zero attached hydrogens (tertiary/aromatic N) is 1. The molecule has 4 aromatic rings. The summed E-state index contributed by atoms with van der Waals surface area (Å²) in [7, 11) is 0. The smallest absolute Gasteiger partial charge is 0.226 e. The average Bonchev–Trinajstić information content (AvgIpc) is 3.54. The van der Waals surface area contributed by atoms with Crippen LogP contribution in [0.1, 0.15) is 23.0 Å². The van der Waals surface area contributed by atoms with Gasteiger partial charge in [-0.05, 0) is 23.3 Å². The third-order valence-corrected chi connectivity index (χ3v) is 6.24. The van der Waals surface area contributed by atoms with Crippen LogP contribution in [0.15, 0.2) is 102 Å². The number of rotatable bonds is 10. The molecule has 2 heterocycles. The summed E-state index contributed by atoms with van der Waals surface area (Å²) in [6, 6.07) is 28.8. The van der Waals surface area contributed by atoms with Crippen LogP contribution >= 0.6 is 0 Å². The number of aliphatic hydroxyl groups excluding tert-OH is 1. The van der Waals surface area contributed by atoms with Crippen LogP contribution < -0.4 is 0 Å². The highest BCUT2D eigenvalue weighted by atomic mass is 16.6. The summed E-state index contributed by atoms with van der Waals surface area (Å²) >= 11 is 0. The van der Waals surface area contributed by atoms with E-state index >= 15 is 0 Å². The molecule has 4 atom stereocenters. The molecule has 0 unspecified atom stereocenters. The Morgan fingerprint density at radius 3 is 2.17 bits per heavy atom. The maximum absolute atomic E-state index is 11.5. The largest absolute Gasteiger partial charge is 0.438 e. The first-order valence-corrected chi connectivity index (χ1v) is 11.9. The van der Waals surface area contributed by atoms with E-state index in [1.54, 1.807) is 0 Å². The van der Waals surface area contributed by atoms with Gasteiger partial charge in [-0.25, -0.2) is 4.98 Å². The molecule has 7 heteroatoms. The number of benzene rings is 3. The molecule has 1 aromatic heterocycles. The Morgan fingerprint density at radius 2 is 1.50 bits per heavy atom. The summed E-state index contributed by atoms with van der Waals surface area (Å²) in [5.74, 6) is 0.632. The van der Waals surface area contributed by atoms with E-state index in [-0.39, 0.29) is 25.6 Å². The van der Waals surface area contributed by atoms with Crippen molar-refractivity contribution < 1.29 is 28.8 Å². The summed E-state index contributed by atoms with van der Waals surface area (Å²) in [6.45, 7) is 0.508. The molecule has 7 nitrogen and oxygen atoms in total. The van der Waals surface area contributed by atoms with Crippen molar-refractivity contribution in [3.05, 3.63) is 114 Å². The van der Waals surface area contributed by atoms with Crippen molar-refractivity contribution in [2.45, 2.75) is 37.1 Å². The topological polar surface area (TPSA) is 94.2 Å². The molecule has 2 N–H and O–H groups in total. The molecule has 0 spiro atoms. The fraction of sp³-hybridized carbons (Fsp3) is 0.276. The Hall–Kier alpha value is -3.33. The normalized spacial score (nSPS) is 22.5. The number of ether oxygens (including phenoxy) is 3. The lowest BCUT2D eigenvalue weighted by molar-refractivity contribution is -0.142. The van der Waals surface area contributed by atoms with Gasteiger partial charge >= 0.3 is 0 Å². The lowest BCUT2D eigenvalue weighted by Gasteiger charge is -2.31. The minimum atomic E-state index is -1.46. The zero-order valence-electron chi connectivity index (χ0n) is 19.8. The highest BCUT2D eigenvalue weighted by Crippen LogP contribution is 2.37. The van der Waals surface area contributed by atoms with Crippen LogP contribution in [0.4, 0.5) is 0 Å². The van der Waals surface area contributed by atoms with Gasteiger partial charge in [-0.15, -0.1) is 0 Å². The number of oxazole rings is 1. The van der Waals surface area contributed by atoms with E-state index in [1.807, 2.05) is 91.0 Å². The van der Waals surface area contributed by atoms with Gasteiger partial charge < -0.3 is 28.8 Å². The second kappa shape index (κ2) is 11.2. The number of hydrogen-bond acceptors (Lipinski definition) is 7. The summed E-state index contributed by atoms with van der Waals surface area (Å²) in [4.78, 5) is 4.31. The second-order valence-electron chi connectivity index (χ2n) is 8.95. The molecule has 1 aliphatic heterocycles. The van der Waals surface area contributed by atoms with Gasteiger partial charge in [0.25, 0.3) is 0 Å². The molecule has 5 rings (SSSR count). The molecule has 0 bridgehead atoms. The maximum Gasteiger partial charge on any atom is 0.226 e. The predicted molar refractivity (Wildman–Crippen MR) is 133 cm³/mol. The highest BCUT2D eigenvalue weighted by Gasteiger charge is 2.53. The minimum Gasteiger partial charge on any atom is -0.438 e. The van der Waals surface area contributed by atoms with Gasteiger partial charge in [0, 0.05) is 5.56 Å². The van der Waals surface area contributed by atoms with E-state index in [9.17, 15) is 10.2 Å². The SMILES string of the molecule is O[C@@H](c1cnc(-c2ccccc2)o1)[C@@H]1OC[C@@](O)(COCc2ccccc2)[C@H]1OCc1ccccc1. The zero-order chi connectivity index (χ0) is 24.8. The lowest BCUT2D eigenvalue weighted by atomic mass is 9.94. The minimum absolute atomic E-state index is 0.0176. The Balaban J connectivity index is 1.32. The van der Waals surface area contributed by atoms with Crippen molar-refractivity contribution in [2.75, 3.05) is 13.2 Å². The molecule has 1 fully saturated rings. The molecule has 186 valence electrons. The first-order chi connectivity index (χ1) is 17.6. The fourth-order valence-corrected chi connectivity index (χ4v) is 4.33. The van der Waals surface area contributed by atoms with Crippen LogP contribution in [-0.2, 0) is 27.4 Å². The van der Waals surface area contributed by atoms with Crippen LogP contribution in [-0.4, -0.2) is 46.2 Å². The van der Waals surface area contributed by atoms with Gasteiger partial charge in [0.2, 0.25) is 5.89 Å². The molecule has 1 aliphatic rings. The van der Waals surface area contributed by atoms with Crippen molar-refractivity contribution in [2.24, 2.45) is 0 Å². The second-order valence-corrected chi connectivity index (χ2v) is 8.95.